The van der Waals surface area contributed by atoms with Gasteiger partial charge in [0.15, 0.2) is 0 Å². The second-order valence-corrected chi connectivity index (χ2v) is 5.34. The first-order chi connectivity index (χ1) is 9.72. The van der Waals surface area contributed by atoms with E-state index >= 15 is 0 Å². The number of aryl methyl sites for hydroxylation is 1. The predicted molar refractivity (Wildman–Crippen MR) is 86.2 cm³/mol. The van der Waals surface area contributed by atoms with Crippen LogP contribution in [0.4, 0.5) is 0 Å². The fraction of sp³-hybridized carbons (Fsp3) is 0.611. The summed E-state index contributed by atoms with van der Waals surface area (Å²) in [5, 5.41) is 0. The summed E-state index contributed by atoms with van der Waals surface area (Å²) in [6.07, 6.45) is 7.68. The molecule has 0 fully saturated rings. The van der Waals surface area contributed by atoms with Crippen LogP contribution in [0.25, 0.3) is 0 Å². The lowest BCUT2D eigenvalue weighted by Crippen LogP contribution is -2.30. The predicted octanol–water partition coefficient (Wildman–Crippen LogP) is 4.68. The Labute approximate surface area is 124 Å². The summed E-state index contributed by atoms with van der Waals surface area (Å²) in [6.45, 7) is 7.83. The Hall–Kier alpha value is -1.31. The molecule has 0 bridgehead atoms. The topological polar surface area (TPSA) is 20.3 Å². The fourth-order valence-electron chi connectivity index (χ4n) is 2.44. The SMILES string of the molecule is CCCCCCCc1ccc(C(=O)N(CC)CC)cc1. The molecule has 1 rings (SSSR count). The Kier molecular flexibility index (Phi) is 8.01. The van der Waals surface area contributed by atoms with Gasteiger partial charge >= 0.3 is 0 Å². The van der Waals surface area contributed by atoms with Crippen molar-refractivity contribution in [2.45, 2.75) is 59.3 Å². The molecular weight excluding hydrogens is 246 g/mol. The van der Waals surface area contributed by atoms with Gasteiger partial charge in [0, 0.05) is 18.7 Å². The van der Waals surface area contributed by atoms with Crippen LogP contribution in [0.15, 0.2) is 24.3 Å². The first kappa shape index (κ1) is 16.7. The van der Waals surface area contributed by atoms with E-state index in [2.05, 4.69) is 19.1 Å². The van der Waals surface area contributed by atoms with Crippen LogP contribution in [-0.4, -0.2) is 23.9 Å². The average molecular weight is 275 g/mol. The van der Waals surface area contributed by atoms with Crippen molar-refractivity contribution < 1.29 is 4.79 Å². The van der Waals surface area contributed by atoms with Crippen molar-refractivity contribution >= 4 is 5.91 Å². The quantitative estimate of drug-likeness (QED) is 0.599. The number of hydrogen-bond acceptors (Lipinski definition) is 1. The summed E-state index contributed by atoms with van der Waals surface area (Å²) < 4.78 is 0. The number of unbranched alkanes of at least 4 members (excludes halogenated alkanes) is 4. The average Bonchev–Trinajstić information content (AvgIpc) is 2.49. The van der Waals surface area contributed by atoms with Crippen molar-refractivity contribution in [1.29, 1.82) is 0 Å². The number of carbonyl (C=O) groups excluding carboxylic acids is 1. The summed E-state index contributed by atoms with van der Waals surface area (Å²) in [6, 6.07) is 8.16. The van der Waals surface area contributed by atoms with Crippen LogP contribution in [0.5, 0.6) is 0 Å². The van der Waals surface area contributed by atoms with Crippen LogP contribution in [0.3, 0.4) is 0 Å². The van der Waals surface area contributed by atoms with Crippen molar-refractivity contribution in [2.75, 3.05) is 13.1 Å². The maximum Gasteiger partial charge on any atom is 0.253 e. The summed E-state index contributed by atoms with van der Waals surface area (Å²) in [5.74, 6) is 0.143. The van der Waals surface area contributed by atoms with Crippen LogP contribution in [0, 0.1) is 0 Å². The molecule has 0 unspecified atom stereocenters. The van der Waals surface area contributed by atoms with Gasteiger partial charge < -0.3 is 4.90 Å². The third kappa shape index (κ3) is 5.36. The monoisotopic (exact) mass is 275 g/mol. The molecule has 1 aromatic carbocycles. The van der Waals surface area contributed by atoms with Crippen LogP contribution < -0.4 is 0 Å². The molecule has 0 aliphatic carbocycles. The zero-order valence-electron chi connectivity index (χ0n) is 13.3. The molecule has 0 aliphatic rings. The Morgan fingerprint density at radius 3 is 2.05 bits per heavy atom. The van der Waals surface area contributed by atoms with E-state index in [1.807, 2.05) is 30.9 Å². The molecule has 0 atom stereocenters. The Balaban J connectivity index is 2.45. The highest BCUT2D eigenvalue weighted by atomic mass is 16.2. The number of carbonyl (C=O) groups is 1. The van der Waals surface area contributed by atoms with E-state index in [1.165, 1.54) is 37.7 Å². The second-order valence-electron chi connectivity index (χ2n) is 5.34. The third-order valence-electron chi connectivity index (χ3n) is 3.82. The highest BCUT2D eigenvalue weighted by molar-refractivity contribution is 5.94. The number of benzene rings is 1. The number of hydrogen-bond donors (Lipinski definition) is 0. The van der Waals surface area contributed by atoms with E-state index in [0.29, 0.717) is 0 Å². The summed E-state index contributed by atoms with van der Waals surface area (Å²) in [4.78, 5) is 14.0. The number of amides is 1. The Morgan fingerprint density at radius 2 is 1.50 bits per heavy atom. The minimum Gasteiger partial charge on any atom is -0.339 e. The van der Waals surface area contributed by atoms with Gasteiger partial charge in [-0.25, -0.2) is 0 Å². The molecule has 1 amide bonds. The highest BCUT2D eigenvalue weighted by Gasteiger charge is 2.11. The minimum atomic E-state index is 0.143. The lowest BCUT2D eigenvalue weighted by Gasteiger charge is -2.18. The first-order valence-electron chi connectivity index (χ1n) is 8.11. The van der Waals surface area contributed by atoms with Crippen molar-refractivity contribution in [1.82, 2.24) is 4.90 Å². The Morgan fingerprint density at radius 1 is 0.900 bits per heavy atom. The smallest absolute Gasteiger partial charge is 0.253 e. The van der Waals surface area contributed by atoms with Crippen LogP contribution in [0.1, 0.15) is 68.8 Å². The van der Waals surface area contributed by atoms with E-state index in [1.54, 1.807) is 0 Å². The van der Waals surface area contributed by atoms with E-state index in [0.717, 1.165) is 25.1 Å². The maximum absolute atomic E-state index is 12.2. The molecule has 2 nitrogen and oxygen atoms in total. The molecule has 0 saturated heterocycles. The van der Waals surface area contributed by atoms with E-state index < -0.39 is 0 Å². The van der Waals surface area contributed by atoms with E-state index in [-0.39, 0.29) is 5.91 Å². The van der Waals surface area contributed by atoms with Gasteiger partial charge in [-0.05, 0) is 44.4 Å². The Bertz CT molecular complexity index is 379. The van der Waals surface area contributed by atoms with Crippen LogP contribution in [0.2, 0.25) is 0 Å². The second kappa shape index (κ2) is 9.57. The van der Waals surface area contributed by atoms with Gasteiger partial charge in [-0.2, -0.15) is 0 Å². The molecule has 1 aromatic rings. The van der Waals surface area contributed by atoms with Gasteiger partial charge in [-0.15, -0.1) is 0 Å². The number of rotatable bonds is 9. The molecule has 0 spiro atoms. The highest BCUT2D eigenvalue weighted by Crippen LogP contribution is 2.12. The zero-order chi connectivity index (χ0) is 14.8. The molecule has 0 saturated carbocycles. The van der Waals surface area contributed by atoms with Gasteiger partial charge in [0.1, 0.15) is 0 Å². The van der Waals surface area contributed by atoms with Crippen LogP contribution in [-0.2, 0) is 6.42 Å². The molecular formula is C18H29NO. The van der Waals surface area contributed by atoms with Gasteiger partial charge in [0.2, 0.25) is 0 Å². The number of nitrogens with zero attached hydrogens (tertiary/aromatic N) is 1. The molecule has 0 heterocycles. The molecule has 0 aliphatic heterocycles. The maximum atomic E-state index is 12.2. The fourth-order valence-corrected chi connectivity index (χ4v) is 2.44. The van der Waals surface area contributed by atoms with Gasteiger partial charge in [0.25, 0.3) is 5.91 Å². The van der Waals surface area contributed by atoms with Crippen LogP contribution >= 0.6 is 0 Å². The van der Waals surface area contributed by atoms with Gasteiger partial charge in [-0.1, -0.05) is 44.7 Å². The standard InChI is InChI=1S/C18H29NO/c1-4-7-8-9-10-11-16-12-14-17(15-13-16)18(20)19(5-2)6-3/h12-15H,4-11H2,1-3H3. The van der Waals surface area contributed by atoms with Crippen molar-refractivity contribution in [3.8, 4) is 0 Å². The molecule has 0 aromatic heterocycles. The zero-order valence-corrected chi connectivity index (χ0v) is 13.3. The molecule has 112 valence electrons. The third-order valence-corrected chi connectivity index (χ3v) is 3.82. The molecule has 0 radical (unpaired) electrons. The minimum absolute atomic E-state index is 0.143. The van der Waals surface area contributed by atoms with Gasteiger partial charge in [0.05, 0.1) is 0 Å². The summed E-state index contributed by atoms with van der Waals surface area (Å²) in [7, 11) is 0. The lowest BCUT2D eigenvalue weighted by atomic mass is 10.0. The first-order valence-corrected chi connectivity index (χ1v) is 8.11. The van der Waals surface area contributed by atoms with Crippen molar-refractivity contribution in [3.63, 3.8) is 0 Å². The largest absolute Gasteiger partial charge is 0.339 e. The van der Waals surface area contributed by atoms with E-state index in [9.17, 15) is 4.79 Å². The molecule has 0 N–H and O–H groups in total. The van der Waals surface area contributed by atoms with Crippen molar-refractivity contribution in [3.05, 3.63) is 35.4 Å². The lowest BCUT2D eigenvalue weighted by molar-refractivity contribution is 0.0773. The molecule has 2 heteroatoms. The normalized spacial score (nSPS) is 10.6. The summed E-state index contributed by atoms with van der Waals surface area (Å²) >= 11 is 0. The van der Waals surface area contributed by atoms with Crippen molar-refractivity contribution in [2.24, 2.45) is 0 Å². The van der Waals surface area contributed by atoms with E-state index in [4.69, 9.17) is 0 Å². The van der Waals surface area contributed by atoms with Gasteiger partial charge in [-0.3, -0.25) is 4.79 Å². The molecule has 20 heavy (non-hydrogen) atoms. The summed E-state index contributed by atoms with van der Waals surface area (Å²) in [5.41, 5.74) is 2.15.